The standard InChI is InChI=1S/C15H12N4OS/c16-10-12(11-17)18-19-14-5-1-2-6-15(14)20-8-7-13-4-3-9-21-13/h1-6,9,19H,7-8H2. The van der Waals surface area contributed by atoms with Gasteiger partial charge in [-0.15, -0.1) is 11.3 Å². The average molecular weight is 296 g/mol. The lowest BCUT2D eigenvalue weighted by atomic mass is 10.3. The number of benzene rings is 1. The van der Waals surface area contributed by atoms with Crippen molar-refractivity contribution in [3.05, 3.63) is 46.7 Å². The minimum Gasteiger partial charge on any atom is -0.491 e. The molecule has 0 aliphatic heterocycles. The number of hydrogen-bond donors (Lipinski definition) is 1. The summed E-state index contributed by atoms with van der Waals surface area (Å²) in [4.78, 5) is 1.26. The number of rotatable bonds is 6. The quantitative estimate of drug-likeness (QED) is 0.655. The van der Waals surface area contributed by atoms with E-state index < -0.39 is 0 Å². The lowest BCUT2D eigenvalue weighted by molar-refractivity contribution is 0.324. The Morgan fingerprint density at radius 3 is 2.71 bits per heavy atom. The topological polar surface area (TPSA) is 81.2 Å². The molecule has 0 bridgehead atoms. The number of nitriles is 2. The summed E-state index contributed by atoms with van der Waals surface area (Å²) in [6.07, 6.45) is 0.830. The number of hydrogen-bond acceptors (Lipinski definition) is 6. The fourth-order valence-corrected chi connectivity index (χ4v) is 2.28. The Balaban J connectivity index is 1.98. The van der Waals surface area contributed by atoms with Crippen LogP contribution in [0.25, 0.3) is 0 Å². The first kappa shape index (κ1) is 14.6. The van der Waals surface area contributed by atoms with Crippen LogP contribution in [-0.2, 0) is 6.42 Å². The summed E-state index contributed by atoms with van der Waals surface area (Å²) in [5.74, 6) is 0.632. The van der Waals surface area contributed by atoms with Crippen molar-refractivity contribution >= 4 is 22.7 Å². The fourth-order valence-electron chi connectivity index (χ4n) is 1.59. The summed E-state index contributed by atoms with van der Waals surface area (Å²) in [7, 11) is 0. The van der Waals surface area contributed by atoms with Gasteiger partial charge in [-0.2, -0.15) is 15.6 Å². The average Bonchev–Trinajstić information content (AvgIpc) is 3.03. The van der Waals surface area contributed by atoms with Crippen LogP contribution in [0.3, 0.4) is 0 Å². The molecular formula is C15H12N4OS. The van der Waals surface area contributed by atoms with E-state index in [1.165, 1.54) is 4.88 Å². The van der Waals surface area contributed by atoms with E-state index in [9.17, 15) is 0 Å². The summed E-state index contributed by atoms with van der Waals surface area (Å²) < 4.78 is 5.72. The van der Waals surface area contributed by atoms with Gasteiger partial charge in [0.25, 0.3) is 0 Å². The third-order valence-electron chi connectivity index (χ3n) is 2.57. The molecule has 0 saturated heterocycles. The molecule has 21 heavy (non-hydrogen) atoms. The molecule has 0 saturated carbocycles. The first-order valence-electron chi connectivity index (χ1n) is 6.21. The van der Waals surface area contributed by atoms with Crippen LogP contribution in [-0.4, -0.2) is 12.3 Å². The van der Waals surface area contributed by atoms with Crippen LogP contribution in [0.1, 0.15) is 4.88 Å². The van der Waals surface area contributed by atoms with Crippen LogP contribution in [0.4, 0.5) is 5.69 Å². The molecule has 0 fully saturated rings. The maximum absolute atomic E-state index is 8.65. The molecule has 1 aromatic heterocycles. The van der Waals surface area contributed by atoms with Crippen LogP contribution in [0.2, 0.25) is 0 Å². The van der Waals surface area contributed by atoms with Crippen molar-refractivity contribution in [1.29, 1.82) is 10.5 Å². The zero-order valence-electron chi connectivity index (χ0n) is 11.1. The number of nitrogens with one attached hydrogen (secondary N) is 1. The lowest BCUT2D eigenvalue weighted by Crippen LogP contribution is -2.03. The number of para-hydroxylation sites is 2. The summed E-state index contributed by atoms with van der Waals surface area (Å²) in [5, 5.41) is 23.0. The second kappa shape index (κ2) is 7.68. The van der Waals surface area contributed by atoms with Gasteiger partial charge in [-0.05, 0) is 23.6 Å². The van der Waals surface area contributed by atoms with Gasteiger partial charge in [0.15, 0.2) is 0 Å². The van der Waals surface area contributed by atoms with E-state index in [0.29, 0.717) is 18.0 Å². The van der Waals surface area contributed by atoms with E-state index in [0.717, 1.165) is 6.42 Å². The van der Waals surface area contributed by atoms with Crippen molar-refractivity contribution in [2.24, 2.45) is 5.10 Å². The number of anilines is 1. The van der Waals surface area contributed by atoms with Crippen molar-refractivity contribution in [2.45, 2.75) is 6.42 Å². The third-order valence-corrected chi connectivity index (χ3v) is 3.51. The van der Waals surface area contributed by atoms with Gasteiger partial charge in [-0.25, -0.2) is 0 Å². The van der Waals surface area contributed by atoms with Gasteiger partial charge in [-0.1, -0.05) is 18.2 Å². The molecule has 5 nitrogen and oxygen atoms in total. The van der Waals surface area contributed by atoms with Crippen LogP contribution >= 0.6 is 11.3 Å². The Bertz CT molecular complexity index is 679. The van der Waals surface area contributed by atoms with E-state index in [1.807, 2.05) is 29.6 Å². The largest absolute Gasteiger partial charge is 0.491 e. The normalized spacial score (nSPS) is 9.24. The lowest BCUT2D eigenvalue weighted by Gasteiger charge is -2.10. The summed E-state index contributed by atoms with van der Waals surface area (Å²) >= 11 is 1.69. The second-order valence-corrected chi connectivity index (χ2v) is 5.00. The molecule has 6 heteroatoms. The molecule has 0 aliphatic carbocycles. The molecule has 2 rings (SSSR count). The number of hydrazone groups is 1. The Kier molecular flexibility index (Phi) is 5.33. The minimum absolute atomic E-state index is 0.233. The molecule has 1 N–H and O–H groups in total. The van der Waals surface area contributed by atoms with E-state index in [2.05, 4.69) is 16.6 Å². The summed E-state index contributed by atoms with van der Waals surface area (Å²) in [5.41, 5.74) is 3.06. The molecule has 0 aliphatic rings. The van der Waals surface area contributed by atoms with Gasteiger partial charge < -0.3 is 4.74 Å². The Morgan fingerprint density at radius 1 is 1.19 bits per heavy atom. The van der Waals surface area contributed by atoms with Crippen LogP contribution in [0.5, 0.6) is 5.75 Å². The molecule has 0 radical (unpaired) electrons. The highest BCUT2D eigenvalue weighted by Crippen LogP contribution is 2.24. The first-order chi connectivity index (χ1) is 10.3. The Labute approximate surface area is 126 Å². The van der Waals surface area contributed by atoms with Gasteiger partial charge in [0, 0.05) is 11.3 Å². The van der Waals surface area contributed by atoms with E-state index >= 15 is 0 Å². The van der Waals surface area contributed by atoms with Crippen molar-refractivity contribution in [3.8, 4) is 17.9 Å². The van der Waals surface area contributed by atoms with Crippen molar-refractivity contribution in [3.63, 3.8) is 0 Å². The number of ether oxygens (including phenoxy) is 1. The monoisotopic (exact) mass is 296 g/mol. The highest BCUT2D eigenvalue weighted by molar-refractivity contribution is 7.09. The SMILES string of the molecule is N#CC(C#N)=NNc1ccccc1OCCc1cccs1. The molecular weight excluding hydrogens is 284 g/mol. The van der Waals surface area contributed by atoms with Crippen molar-refractivity contribution in [2.75, 3.05) is 12.0 Å². The Hall–Kier alpha value is -2.83. The zero-order chi connectivity index (χ0) is 14.9. The van der Waals surface area contributed by atoms with Gasteiger partial charge in [0.05, 0.1) is 12.3 Å². The minimum atomic E-state index is -0.233. The van der Waals surface area contributed by atoms with Crippen molar-refractivity contribution in [1.82, 2.24) is 0 Å². The van der Waals surface area contributed by atoms with Gasteiger partial charge in [0.1, 0.15) is 17.9 Å². The fraction of sp³-hybridized carbons (Fsp3) is 0.133. The summed E-state index contributed by atoms with van der Waals surface area (Å²) in [6, 6.07) is 14.7. The molecule has 0 spiro atoms. The van der Waals surface area contributed by atoms with Crippen LogP contribution < -0.4 is 10.2 Å². The first-order valence-corrected chi connectivity index (χ1v) is 7.09. The molecule has 1 aromatic carbocycles. The maximum Gasteiger partial charge on any atom is 0.237 e. The highest BCUT2D eigenvalue weighted by Gasteiger charge is 2.03. The predicted molar refractivity (Wildman–Crippen MR) is 82.2 cm³/mol. The number of thiophene rings is 1. The smallest absolute Gasteiger partial charge is 0.237 e. The maximum atomic E-state index is 8.65. The van der Waals surface area contributed by atoms with E-state index in [-0.39, 0.29) is 5.71 Å². The molecule has 1 heterocycles. The highest BCUT2D eigenvalue weighted by atomic mass is 32.1. The molecule has 2 aromatic rings. The zero-order valence-corrected chi connectivity index (χ0v) is 11.9. The molecule has 0 atom stereocenters. The van der Waals surface area contributed by atoms with Gasteiger partial charge >= 0.3 is 0 Å². The summed E-state index contributed by atoms with van der Waals surface area (Å²) in [6.45, 7) is 0.548. The molecule has 0 unspecified atom stereocenters. The van der Waals surface area contributed by atoms with Crippen molar-refractivity contribution < 1.29 is 4.74 Å². The Morgan fingerprint density at radius 2 is 2.00 bits per heavy atom. The van der Waals surface area contributed by atoms with E-state index in [1.54, 1.807) is 29.5 Å². The van der Waals surface area contributed by atoms with Crippen LogP contribution in [0, 0.1) is 22.7 Å². The second-order valence-electron chi connectivity index (χ2n) is 3.97. The van der Waals surface area contributed by atoms with Crippen LogP contribution in [0.15, 0.2) is 46.9 Å². The predicted octanol–water partition coefficient (Wildman–Crippen LogP) is 3.18. The number of nitrogens with zero attached hydrogens (tertiary/aromatic N) is 3. The molecule has 0 amide bonds. The van der Waals surface area contributed by atoms with Gasteiger partial charge in [0.2, 0.25) is 5.71 Å². The van der Waals surface area contributed by atoms with E-state index in [4.69, 9.17) is 15.3 Å². The third kappa shape index (κ3) is 4.34. The van der Waals surface area contributed by atoms with Gasteiger partial charge in [-0.3, -0.25) is 5.43 Å². The molecule has 104 valence electrons.